The van der Waals surface area contributed by atoms with E-state index in [9.17, 15) is 4.79 Å². The van der Waals surface area contributed by atoms with Crippen LogP contribution in [0.25, 0.3) is 0 Å². The van der Waals surface area contributed by atoms with E-state index in [-0.39, 0.29) is 0 Å². The highest BCUT2D eigenvalue weighted by Gasteiger charge is 2.10. The van der Waals surface area contributed by atoms with Crippen molar-refractivity contribution in [2.75, 3.05) is 13.1 Å². The molecular weight excluding hydrogens is 102 g/mol. The van der Waals surface area contributed by atoms with Crippen LogP contribution in [0.2, 0.25) is 0 Å². The summed E-state index contributed by atoms with van der Waals surface area (Å²) in [4.78, 5) is 10.1. The molecule has 1 fully saturated rings. The number of hydrogen-bond donors (Lipinski definition) is 0. The Kier molecular flexibility index (Phi) is 2.03. The molecule has 1 saturated heterocycles. The van der Waals surface area contributed by atoms with E-state index in [0.29, 0.717) is 5.92 Å². The minimum atomic E-state index is 0.312. The predicted octanol–water partition coefficient (Wildman–Crippen LogP) is 0.200. The summed E-state index contributed by atoms with van der Waals surface area (Å²) in [5.41, 5.74) is 0. The standard InChI is InChI=1S/C6H10NO/c8-5-6-1-3-7-4-2-6/h5-6H,1-4H2. The average Bonchev–Trinajstić information content (AvgIpc) is 1.90. The summed E-state index contributed by atoms with van der Waals surface area (Å²) in [6.07, 6.45) is 3.00. The van der Waals surface area contributed by atoms with E-state index >= 15 is 0 Å². The molecule has 1 radical (unpaired) electrons. The molecule has 0 aromatic heterocycles. The van der Waals surface area contributed by atoms with E-state index in [1.165, 1.54) is 0 Å². The van der Waals surface area contributed by atoms with Crippen molar-refractivity contribution in [3.8, 4) is 0 Å². The average molecular weight is 112 g/mol. The molecular formula is C6H10NO. The van der Waals surface area contributed by atoms with Crippen LogP contribution >= 0.6 is 0 Å². The number of carbonyl (C=O) groups is 1. The summed E-state index contributed by atoms with van der Waals surface area (Å²) in [6, 6.07) is 0. The summed E-state index contributed by atoms with van der Waals surface area (Å²) in [7, 11) is 0. The number of aldehydes is 1. The first kappa shape index (κ1) is 5.76. The Morgan fingerprint density at radius 3 is 2.38 bits per heavy atom. The molecule has 0 aliphatic carbocycles. The van der Waals surface area contributed by atoms with Gasteiger partial charge in [0.15, 0.2) is 0 Å². The van der Waals surface area contributed by atoms with Gasteiger partial charge in [-0.15, -0.1) is 0 Å². The first-order valence-corrected chi connectivity index (χ1v) is 3.02. The lowest BCUT2D eigenvalue weighted by atomic mass is 10.0. The molecule has 0 N–H and O–H groups in total. The van der Waals surface area contributed by atoms with Crippen LogP contribution < -0.4 is 5.32 Å². The van der Waals surface area contributed by atoms with E-state index in [1.807, 2.05) is 0 Å². The Balaban J connectivity index is 2.22. The largest absolute Gasteiger partial charge is 0.303 e. The fraction of sp³-hybridized carbons (Fsp3) is 0.833. The molecule has 0 amide bonds. The topological polar surface area (TPSA) is 31.2 Å². The van der Waals surface area contributed by atoms with Crippen molar-refractivity contribution in [3.05, 3.63) is 0 Å². The summed E-state index contributed by atoms with van der Waals surface area (Å²) in [6.45, 7) is 1.78. The lowest BCUT2D eigenvalue weighted by Crippen LogP contribution is -2.22. The van der Waals surface area contributed by atoms with Crippen molar-refractivity contribution in [3.63, 3.8) is 0 Å². The molecule has 8 heavy (non-hydrogen) atoms. The fourth-order valence-electron chi connectivity index (χ4n) is 0.906. The normalized spacial score (nSPS) is 23.0. The van der Waals surface area contributed by atoms with Crippen LogP contribution in [0, 0.1) is 5.92 Å². The lowest BCUT2D eigenvalue weighted by Gasteiger charge is -2.14. The van der Waals surface area contributed by atoms with Gasteiger partial charge in [-0.1, -0.05) is 0 Å². The molecule has 0 spiro atoms. The van der Waals surface area contributed by atoms with Gasteiger partial charge in [-0.05, 0) is 12.8 Å². The number of piperidine rings is 1. The zero-order valence-electron chi connectivity index (χ0n) is 4.84. The van der Waals surface area contributed by atoms with E-state index < -0.39 is 0 Å². The molecule has 0 saturated carbocycles. The Labute approximate surface area is 49.3 Å². The molecule has 0 aromatic rings. The smallest absolute Gasteiger partial charge is 0.123 e. The van der Waals surface area contributed by atoms with Crippen LogP contribution in [0.15, 0.2) is 0 Å². The molecule has 1 rings (SSSR count). The monoisotopic (exact) mass is 112 g/mol. The third-order valence-electron chi connectivity index (χ3n) is 1.51. The zero-order valence-corrected chi connectivity index (χ0v) is 4.84. The van der Waals surface area contributed by atoms with Crippen LogP contribution in [0.4, 0.5) is 0 Å². The highest BCUT2D eigenvalue weighted by atomic mass is 16.1. The maximum atomic E-state index is 10.1. The Morgan fingerprint density at radius 2 is 2.00 bits per heavy atom. The third-order valence-corrected chi connectivity index (χ3v) is 1.51. The van der Waals surface area contributed by atoms with Gasteiger partial charge in [0.05, 0.1) is 0 Å². The van der Waals surface area contributed by atoms with Crippen LogP contribution in [0.1, 0.15) is 12.8 Å². The van der Waals surface area contributed by atoms with Gasteiger partial charge in [0, 0.05) is 19.0 Å². The number of rotatable bonds is 1. The second kappa shape index (κ2) is 2.82. The molecule has 2 nitrogen and oxygen atoms in total. The van der Waals surface area contributed by atoms with Gasteiger partial charge < -0.3 is 4.79 Å². The molecule has 0 aromatic carbocycles. The molecule has 0 unspecified atom stereocenters. The summed E-state index contributed by atoms with van der Waals surface area (Å²) >= 11 is 0. The predicted molar refractivity (Wildman–Crippen MR) is 30.7 cm³/mol. The van der Waals surface area contributed by atoms with Gasteiger partial charge in [-0.3, -0.25) is 0 Å². The van der Waals surface area contributed by atoms with Crippen molar-refractivity contribution >= 4 is 6.29 Å². The first-order chi connectivity index (χ1) is 3.93. The van der Waals surface area contributed by atoms with Crippen molar-refractivity contribution in [2.45, 2.75) is 12.8 Å². The van der Waals surface area contributed by atoms with Crippen molar-refractivity contribution in [1.29, 1.82) is 0 Å². The molecule has 0 bridgehead atoms. The molecule has 1 heterocycles. The lowest BCUT2D eigenvalue weighted by molar-refractivity contribution is -0.111. The molecule has 45 valence electrons. The summed E-state index contributed by atoms with van der Waals surface area (Å²) in [5, 5.41) is 4.12. The maximum absolute atomic E-state index is 10.1. The molecule has 0 atom stereocenters. The zero-order chi connectivity index (χ0) is 5.82. The van der Waals surface area contributed by atoms with Gasteiger partial charge in [0.2, 0.25) is 0 Å². The second-order valence-electron chi connectivity index (χ2n) is 2.14. The van der Waals surface area contributed by atoms with E-state index in [0.717, 1.165) is 32.2 Å². The Bertz CT molecular complexity index is 76.6. The number of hydrogen-bond acceptors (Lipinski definition) is 1. The van der Waals surface area contributed by atoms with Gasteiger partial charge in [-0.25, -0.2) is 5.32 Å². The van der Waals surface area contributed by atoms with Gasteiger partial charge in [0.25, 0.3) is 0 Å². The summed E-state index contributed by atoms with van der Waals surface area (Å²) in [5.74, 6) is 0.312. The van der Waals surface area contributed by atoms with E-state index in [2.05, 4.69) is 5.32 Å². The Hall–Kier alpha value is -0.370. The van der Waals surface area contributed by atoms with Crippen LogP contribution in [-0.4, -0.2) is 19.4 Å². The number of nitrogens with zero attached hydrogens (tertiary/aromatic N) is 1. The fourth-order valence-corrected chi connectivity index (χ4v) is 0.906. The first-order valence-electron chi connectivity index (χ1n) is 3.02. The summed E-state index contributed by atoms with van der Waals surface area (Å²) < 4.78 is 0. The minimum Gasteiger partial charge on any atom is -0.303 e. The van der Waals surface area contributed by atoms with Gasteiger partial charge in [0.1, 0.15) is 6.29 Å². The molecule has 1 aliphatic rings. The molecule has 2 heteroatoms. The second-order valence-corrected chi connectivity index (χ2v) is 2.14. The highest BCUT2D eigenvalue weighted by molar-refractivity contribution is 5.53. The van der Waals surface area contributed by atoms with Gasteiger partial charge >= 0.3 is 0 Å². The third kappa shape index (κ3) is 1.30. The SMILES string of the molecule is O=CC1CC[N]CC1. The van der Waals surface area contributed by atoms with Crippen molar-refractivity contribution < 1.29 is 4.79 Å². The molecule has 1 aliphatic heterocycles. The van der Waals surface area contributed by atoms with Crippen LogP contribution in [-0.2, 0) is 4.79 Å². The van der Waals surface area contributed by atoms with Gasteiger partial charge in [-0.2, -0.15) is 0 Å². The number of carbonyl (C=O) groups excluding carboxylic acids is 1. The minimum absolute atomic E-state index is 0.312. The highest BCUT2D eigenvalue weighted by Crippen LogP contribution is 2.07. The van der Waals surface area contributed by atoms with Crippen molar-refractivity contribution in [2.24, 2.45) is 5.92 Å². The Morgan fingerprint density at radius 1 is 1.38 bits per heavy atom. The maximum Gasteiger partial charge on any atom is 0.123 e. The van der Waals surface area contributed by atoms with Crippen LogP contribution in [0.3, 0.4) is 0 Å². The van der Waals surface area contributed by atoms with Crippen molar-refractivity contribution in [1.82, 2.24) is 5.32 Å². The van der Waals surface area contributed by atoms with Crippen LogP contribution in [0.5, 0.6) is 0 Å². The van der Waals surface area contributed by atoms with E-state index in [4.69, 9.17) is 0 Å². The van der Waals surface area contributed by atoms with E-state index in [1.54, 1.807) is 0 Å². The quantitative estimate of drug-likeness (QED) is 0.446.